The Morgan fingerprint density at radius 3 is 2.35 bits per heavy atom. The van der Waals surface area contributed by atoms with E-state index in [4.69, 9.17) is 0 Å². The minimum absolute atomic E-state index is 0.314. The molecule has 0 unspecified atom stereocenters. The summed E-state index contributed by atoms with van der Waals surface area (Å²) in [6, 6.07) is 7.89. The topological polar surface area (TPSA) is 20.2 Å². The zero-order valence-corrected chi connectivity index (χ0v) is 10.2. The Bertz CT molecular complexity index is 606. The number of fused-ring (bicyclic) bond motifs is 1. The van der Waals surface area contributed by atoms with Crippen molar-refractivity contribution in [3.8, 4) is 5.75 Å². The molecule has 0 saturated heterocycles. The van der Waals surface area contributed by atoms with Crippen LogP contribution in [0.25, 0.3) is 22.9 Å². The van der Waals surface area contributed by atoms with Crippen LogP contribution in [0.5, 0.6) is 5.75 Å². The molecule has 17 heavy (non-hydrogen) atoms. The quantitative estimate of drug-likeness (QED) is 0.794. The van der Waals surface area contributed by atoms with Crippen molar-refractivity contribution in [2.45, 2.75) is 13.8 Å². The number of benzene rings is 2. The molecule has 2 aromatic rings. The molecule has 0 amide bonds. The zero-order valence-electron chi connectivity index (χ0n) is 10.2. The summed E-state index contributed by atoms with van der Waals surface area (Å²) < 4.78 is 0. The van der Waals surface area contributed by atoms with Crippen LogP contribution in [0.15, 0.2) is 36.9 Å². The van der Waals surface area contributed by atoms with E-state index in [9.17, 15) is 5.11 Å². The van der Waals surface area contributed by atoms with Crippen LogP contribution in [0.4, 0.5) is 0 Å². The number of aromatic hydroxyl groups is 1. The molecule has 0 aliphatic carbocycles. The third kappa shape index (κ3) is 1.74. The molecular formula is C16H16O. The number of phenols is 1. The fourth-order valence-corrected chi connectivity index (χ4v) is 2.22. The van der Waals surface area contributed by atoms with Gasteiger partial charge in [-0.05, 0) is 30.4 Å². The first kappa shape index (κ1) is 11.5. The van der Waals surface area contributed by atoms with Gasteiger partial charge in [0.25, 0.3) is 0 Å². The van der Waals surface area contributed by atoms with Crippen molar-refractivity contribution in [3.05, 3.63) is 53.6 Å². The Hall–Kier alpha value is -2.02. The minimum atomic E-state index is 0.314. The van der Waals surface area contributed by atoms with E-state index in [0.29, 0.717) is 5.75 Å². The second-order valence-electron chi connectivity index (χ2n) is 4.05. The maximum atomic E-state index is 10.3. The van der Waals surface area contributed by atoms with Gasteiger partial charge in [-0.3, -0.25) is 0 Å². The fourth-order valence-electron chi connectivity index (χ4n) is 2.22. The predicted molar refractivity (Wildman–Crippen MR) is 75.1 cm³/mol. The van der Waals surface area contributed by atoms with E-state index in [1.807, 2.05) is 43.3 Å². The average Bonchev–Trinajstić information content (AvgIpc) is 2.36. The maximum absolute atomic E-state index is 10.3. The number of hydrogen-bond acceptors (Lipinski definition) is 1. The van der Waals surface area contributed by atoms with Crippen molar-refractivity contribution in [2.24, 2.45) is 0 Å². The average molecular weight is 224 g/mol. The monoisotopic (exact) mass is 224 g/mol. The Morgan fingerprint density at radius 1 is 1.12 bits per heavy atom. The van der Waals surface area contributed by atoms with Crippen molar-refractivity contribution in [1.82, 2.24) is 0 Å². The van der Waals surface area contributed by atoms with Gasteiger partial charge < -0.3 is 5.11 Å². The highest BCUT2D eigenvalue weighted by molar-refractivity contribution is 5.97. The predicted octanol–water partition coefficient (Wildman–Crippen LogP) is 4.53. The molecule has 2 aromatic carbocycles. The van der Waals surface area contributed by atoms with E-state index in [0.717, 1.165) is 21.9 Å². The molecule has 0 bridgehead atoms. The fraction of sp³-hybridized carbons (Fsp3) is 0.125. The van der Waals surface area contributed by atoms with Crippen LogP contribution >= 0.6 is 0 Å². The normalized spacial score (nSPS) is 11.2. The van der Waals surface area contributed by atoms with Crippen molar-refractivity contribution >= 4 is 22.9 Å². The SMILES string of the molecule is C=Cc1c(/C=C\C)c(C)c2ccccc2c1O. The van der Waals surface area contributed by atoms with Gasteiger partial charge in [-0.25, -0.2) is 0 Å². The van der Waals surface area contributed by atoms with Gasteiger partial charge in [-0.2, -0.15) is 0 Å². The lowest BCUT2D eigenvalue weighted by atomic mass is 9.93. The minimum Gasteiger partial charge on any atom is -0.507 e. The maximum Gasteiger partial charge on any atom is 0.131 e. The van der Waals surface area contributed by atoms with E-state index in [-0.39, 0.29) is 0 Å². The number of hydrogen-bond donors (Lipinski definition) is 1. The Labute approximate surface area is 102 Å². The van der Waals surface area contributed by atoms with Gasteiger partial charge in [-0.15, -0.1) is 0 Å². The molecule has 0 saturated carbocycles. The number of phenolic OH excluding ortho intramolecular Hbond substituents is 1. The van der Waals surface area contributed by atoms with E-state index in [1.165, 1.54) is 5.56 Å². The molecule has 0 heterocycles. The summed E-state index contributed by atoms with van der Waals surface area (Å²) in [5, 5.41) is 12.2. The third-order valence-corrected chi connectivity index (χ3v) is 3.07. The molecule has 86 valence electrons. The molecule has 0 fully saturated rings. The van der Waals surface area contributed by atoms with Gasteiger partial charge >= 0.3 is 0 Å². The zero-order chi connectivity index (χ0) is 12.4. The highest BCUT2D eigenvalue weighted by Gasteiger charge is 2.12. The second kappa shape index (κ2) is 4.46. The van der Waals surface area contributed by atoms with Crippen LogP contribution in [-0.4, -0.2) is 5.11 Å². The molecule has 0 aliphatic heterocycles. The second-order valence-corrected chi connectivity index (χ2v) is 4.05. The number of allylic oxidation sites excluding steroid dienone is 1. The molecule has 0 spiro atoms. The summed E-state index contributed by atoms with van der Waals surface area (Å²) in [6.45, 7) is 7.83. The molecule has 0 aliphatic rings. The summed E-state index contributed by atoms with van der Waals surface area (Å²) in [5.41, 5.74) is 3.02. The van der Waals surface area contributed by atoms with Crippen molar-refractivity contribution in [2.75, 3.05) is 0 Å². The first-order chi connectivity index (χ1) is 8.20. The van der Waals surface area contributed by atoms with Gasteiger partial charge in [0.05, 0.1) is 0 Å². The summed E-state index contributed by atoms with van der Waals surface area (Å²) in [5.74, 6) is 0.314. The van der Waals surface area contributed by atoms with Crippen molar-refractivity contribution < 1.29 is 5.11 Å². The van der Waals surface area contributed by atoms with Crippen molar-refractivity contribution in [1.29, 1.82) is 0 Å². The highest BCUT2D eigenvalue weighted by atomic mass is 16.3. The molecule has 0 atom stereocenters. The molecule has 1 N–H and O–H groups in total. The molecule has 1 heteroatoms. The van der Waals surface area contributed by atoms with Crippen LogP contribution in [0.1, 0.15) is 23.6 Å². The van der Waals surface area contributed by atoms with E-state index in [2.05, 4.69) is 13.5 Å². The van der Waals surface area contributed by atoms with Crippen LogP contribution in [0, 0.1) is 6.92 Å². The molecule has 0 aromatic heterocycles. The van der Waals surface area contributed by atoms with Gasteiger partial charge in [-0.1, -0.05) is 49.1 Å². The molecule has 1 nitrogen and oxygen atoms in total. The largest absolute Gasteiger partial charge is 0.507 e. The van der Waals surface area contributed by atoms with Crippen LogP contribution < -0.4 is 0 Å². The smallest absolute Gasteiger partial charge is 0.131 e. The van der Waals surface area contributed by atoms with E-state index < -0.39 is 0 Å². The summed E-state index contributed by atoms with van der Waals surface area (Å²) >= 11 is 0. The van der Waals surface area contributed by atoms with Crippen LogP contribution in [0.3, 0.4) is 0 Å². The lowest BCUT2D eigenvalue weighted by Gasteiger charge is -2.13. The lowest BCUT2D eigenvalue weighted by molar-refractivity contribution is 0.480. The van der Waals surface area contributed by atoms with E-state index >= 15 is 0 Å². The van der Waals surface area contributed by atoms with Gasteiger partial charge in [0.2, 0.25) is 0 Å². The number of rotatable bonds is 2. The lowest BCUT2D eigenvalue weighted by Crippen LogP contribution is -1.90. The van der Waals surface area contributed by atoms with E-state index in [1.54, 1.807) is 6.08 Å². The molecule has 2 rings (SSSR count). The Balaban J connectivity index is 2.98. The van der Waals surface area contributed by atoms with Gasteiger partial charge in [0.15, 0.2) is 0 Å². The highest BCUT2D eigenvalue weighted by Crippen LogP contribution is 2.36. The first-order valence-corrected chi connectivity index (χ1v) is 5.70. The Morgan fingerprint density at radius 2 is 1.76 bits per heavy atom. The van der Waals surface area contributed by atoms with Gasteiger partial charge in [0, 0.05) is 10.9 Å². The Kier molecular flexibility index (Phi) is 3.01. The summed E-state index contributed by atoms with van der Waals surface area (Å²) in [4.78, 5) is 0. The summed E-state index contributed by atoms with van der Waals surface area (Å²) in [7, 11) is 0. The van der Waals surface area contributed by atoms with Crippen LogP contribution in [-0.2, 0) is 0 Å². The van der Waals surface area contributed by atoms with Gasteiger partial charge in [0.1, 0.15) is 5.75 Å². The third-order valence-electron chi connectivity index (χ3n) is 3.07. The van der Waals surface area contributed by atoms with Crippen molar-refractivity contribution in [3.63, 3.8) is 0 Å². The molecule has 0 radical (unpaired) electrons. The first-order valence-electron chi connectivity index (χ1n) is 5.70. The number of aryl methyl sites for hydroxylation is 1. The summed E-state index contributed by atoms with van der Waals surface area (Å²) in [6.07, 6.45) is 5.70. The molecular weight excluding hydrogens is 208 g/mol. The van der Waals surface area contributed by atoms with Crippen LogP contribution in [0.2, 0.25) is 0 Å². The standard InChI is InChI=1S/C16H16O/c1-4-8-13-11(3)14-9-6-7-10-15(14)16(17)12(13)5-2/h4-10,17H,2H2,1,3H3/b8-4-.